The van der Waals surface area contributed by atoms with Crippen molar-refractivity contribution in [2.75, 3.05) is 0 Å². The molecule has 4 heteroatoms. The SMILES string of the molecule is CCC(N[C@H](C)c1cccc(Br)c1)c1cc(Br)ccc1O. The fourth-order valence-corrected chi connectivity index (χ4v) is 3.20. The zero-order valence-electron chi connectivity index (χ0n) is 12.1. The number of aromatic hydroxyl groups is 1. The third-order valence-corrected chi connectivity index (χ3v) is 4.56. The van der Waals surface area contributed by atoms with Crippen LogP contribution < -0.4 is 5.32 Å². The highest BCUT2D eigenvalue weighted by Gasteiger charge is 2.17. The molecule has 2 nitrogen and oxygen atoms in total. The van der Waals surface area contributed by atoms with Gasteiger partial charge >= 0.3 is 0 Å². The Morgan fingerprint density at radius 3 is 2.48 bits per heavy atom. The molecule has 0 amide bonds. The van der Waals surface area contributed by atoms with Crippen LogP contribution in [0.1, 0.15) is 43.5 Å². The molecule has 0 aliphatic heterocycles. The molecule has 0 radical (unpaired) electrons. The lowest BCUT2D eigenvalue weighted by Crippen LogP contribution is -2.24. The number of hydrogen-bond acceptors (Lipinski definition) is 2. The van der Waals surface area contributed by atoms with E-state index in [0.717, 1.165) is 20.9 Å². The molecule has 21 heavy (non-hydrogen) atoms. The van der Waals surface area contributed by atoms with Crippen molar-refractivity contribution < 1.29 is 5.11 Å². The predicted octanol–water partition coefficient (Wildman–Crippen LogP) is 5.72. The van der Waals surface area contributed by atoms with E-state index < -0.39 is 0 Å². The highest BCUT2D eigenvalue weighted by molar-refractivity contribution is 9.10. The molecule has 0 aliphatic carbocycles. The highest BCUT2D eigenvalue weighted by atomic mass is 79.9. The maximum absolute atomic E-state index is 10.1. The largest absolute Gasteiger partial charge is 0.508 e. The summed E-state index contributed by atoms with van der Waals surface area (Å²) in [5, 5.41) is 13.7. The van der Waals surface area contributed by atoms with Gasteiger partial charge in [0.15, 0.2) is 0 Å². The predicted molar refractivity (Wildman–Crippen MR) is 94.5 cm³/mol. The molecule has 2 atom stereocenters. The van der Waals surface area contributed by atoms with Crippen LogP contribution in [0, 0.1) is 0 Å². The Labute approximate surface area is 142 Å². The number of rotatable bonds is 5. The van der Waals surface area contributed by atoms with Crippen LogP contribution in [0.25, 0.3) is 0 Å². The number of nitrogens with one attached hydrogen (secondary N) is 1. The Morgan fingerprint density at radius 2 is 1.81 bits per heavy atom. The fraction of sp³-hybridized carbons (Fsp3) is 0.294. The number of phenols is 1. The summed E-state index contributed by atoms with van der Waals surface area (Å²) in [4.78, 5) is 0. The number of halogens is 2. The topological polar surface area (TPSA) is 32.3 Å². The lowest BCUT2D eigenvalue weighted by atomic mass is 10.0. The van der Waals surface area contributed by atoms with Crippen molar-refractivity contribution in [3.8, 4) is 5.75 Å². The minimum atomic E-state index is 0.108. The first-order chi connectivity index (χ1) is 10.0. The van der Waals surface area contributed by atoms with Crippen molar-refractivity contribution in [1.82, 2.24) is 5.32 Å². The van der Waals surface area contributed by atoms with E-state index in [-0.39, 0.29) is 12.1 Å². The summed E-state index contributed by atoms with van der Waals surface area (Å²) >= 11 is 6.98. The van der Waals surface area contributed by atoms with Crippen molar-refractivity contribution in [2.24, 2.45) is 0 Å². The van der Waals surface area contributed by atoms with Gasteiger partial charge in [0.1, 0.15) is 5.75 Å². The van der Waals surface area contributed by atoms with Crippen LogP contribution >= 0.6 is 31.9 Å². The first-order valence-electron chi connectivity index (χ1n) is 7.01. The van der Waals surface area contributed by atoms with E-state index in [2.05, 4.69) is 63.2 Å². The second-order valence-electron chi connectivity index (χ2n) is 5.11. The molecule has 2 aromatic carbocycles. The molecule has 2 aromatic rings. The number of benzene rings is 2. The molecule has 0 aromatic heterocycles. The lowest BCUT2D eigenvalue weighted by molar-refractivity contribution is 0.419. The van der Waals surface area contributed by atoms with Gasteiger partial charge in [0, 0.05) is 26.6 Å². The van der Waals surface area contributed by atoms with E-state index >= 15 is 0 Å². The number of phenolic OH excluding ortho intramolecular Hbond substituents is 1. The van der Waals surface area contributed by atoms with Crippen molar-refractivity contribution in [3.63, 3.8) is 0 Å². The molecule has 112 valence electrons. The van der Waals surface area contributed by atoms with Crippen molar-refractivity contribution in [3.05, 3.63) is 62.5 Å². The van der Waals surface area contributed by atoms with Gasteiger partial charge in [0.25, 0.3) is 0 Å². The maximum atomic E-state index is 10.1. The fourth-order valence-electron chi connectivity index (χ4n) is 2.41. The van der Waals surface area contributed by atoms with Gasteiger partial charge in [0.05, 0.1) is 0 Å². The van der Waals surface area contributed by atoms with Crippen LogP contribution in [0.5, 0.6) is 5.75 Å². The summed E-state index contributed by atoms with van der Waals surface area (Å²) in [5.41, 5.74) is 2.14. The van der Waals surface area contributed by atoms with Crippen LogP contribution in [0.15, 0.2) is 51.4 Å². The average molecular weight is 413 g/mol. The van der Waals surface area contributed by atoms with Crippen LogP contribution in [-0.2, 0) is 0 Å². The van der Waals surface area contributed by atoms with Gasteiger partial charge in [-0.3, -0.25) is 0 Å². The third-order valence-electron chi connectivity index (χ3n) is 3.57. The Hall–Kier alpha value is -0.840. The van der Waals surface area contributed by atoms with Gasteiger partial charge in [-0.25, -0.2) is 0 Å². The molecule has 0 heterocycles. The maximum Gasteiger partial charge on any atom is 0.120 e. The lowest BCUT2D eigenvalue weighted by Gasteiger charge is -2.24. The van der Waals surface area contributed by atoms with Crippen molar-refractivity contribution in [1.29, 1.82) is 0 Å². The van der Waals surface area contributed by atoms with E-state index in [9.17, 15) is 5.11 Å². The zero-order valence-corrected chi connectivity index (χ0v) is 15.3. The summed E-state index contributed by atoms with van der Waals surface area (Å²) in [6, 6.07) is 14.1. The summed E-state index contributed by atoms with van der Waals surface area (Å²) in [7, 11) is 0. The third kappa shape index (κ3) is 4.31. The van der Waals surface area contributed by atoms with Gasteiger partial charge in [0.2, 0.25) is 0 Å². The average Bonchev–Trinajstić information content (AvgIpc) is 2.47. The van der Waals surface area contributed by atoms with E-state index in [1.807, 2.05) is 24.3 Å². The molecule has 0 fully saturated rings. The molecule has 1 unspecified atom stereocenters. The van der Waals surface area contributed by atoms with Crippen LogP contribution in [0.3, 0.4) is 0 Å². The van der Waals surface area contributed by atoms with Crippen molar-refractivity contribution >= 4 is 31.9 Å². The van der Waals surface area contributed by atoms with E-state index in [4.69, 9.17) is 0 Å². The van der Waals surface area contributed by atoms with Gasteiger partial charge in [-0.15, -0.1) is 0 Å². The molecule has 0 aliphatic rings. The van der Waals surface area contributed by atoms with Crippen LogP contribution in [0.2, 0.25) is 0 Å². The second-order valence-corrected chi connectivity index (χ2v) is 6.94. The molecule has 0 bridgehead atoms. The quantitative estimate of drug-likeness (QED) is 0.658. The molecule has 0 saturated heterocycles. The monoisotopic (exact) mass is 411 g/mol. The minimum absolute atomic E-state index is 0.108. The molecule has 2 rings (SSSR count). The smallest absolute Gasteiger partial charge is 0.120 e. The van der Waals surface area contributed by atoms with Gasteiger partial charge in [-0.2, -0.15) is 0 Å². The summed E-state index contributed by atoms with van der Waals surface area (Å²) in [6.45, 7) is 4.26. The molecular weight excluding hydrogens is 394 g/mol. The van der Waals surface area contributed by atoms with Crippen molar-refractivity contribution in [2.45, 2.75) is 32.4 Å². The normalized spacial score (nSPS) is 13.9. The van der Waals surface area contributed by atoms with Gasteiger partial charge in [-0.05, 0) is 49.2 Å². The van der Waals surface area contributed by atoms with Crippen LogP contribution in [0.4, 0.5) is 0 Å². The summed E-state index contributed by atoms with van der Waals surface area (Å²) in [6.07, 6.45) is 0.905. The second kappa shape index (κ2) is 7.43. The summed E-state index contributed by atoms with van der Waals surface area (Å²) in [5.74, 6) is 0.332. The highest BCUT2D eigenvalue weighted by Crippen LogP contribution is 2.31. The summed E-state index contributed by atoms with van der Waals surface area (Å²) < 4.78 is 2.05. The van der Waals surface area contributed by atoms with E-state index in [1.54, 1.807) is 6.07 Å². The first-order valence-corrected chi connectivity index (χ1v) is 8.59. The van der Waals surface area contributed by atoms with Crippen LogP contribution in [-0.4, -0.2) is 5.11 Å². The Balaban J connectivity index is 2.20. The van der Waals surface area contributed by atoms with Gasteiger partial charge < -0.3 is 10.4 Å². The molecule has 2 N–H and O–H groups in total. The Bertz CT molecular complexity index is 615. The minimum Gasteiger partial charge on any atom is -0.508 e. The molecular formula is C17H19Br2NO. The van der Waals surface area contributed by atoms with E-state index in [0.29, 0.717) is 5.75 Å². The zero-order chi connectivity index (χ0) is 15.4. The molecule has 0 spiro atoms. The molecule has 0 saturated carbocycles. The Kier molecular flexibility index (Phi) is 5.85. The first kappa shape index (κ1) is 16.5. The van der Waals surface area contributed by atoms with Gasteiger partial charge in [-0.1, -0.05) is 50.9 Å². The van der Waals surface area contributed by atoms with E-state index in [1.165, 1.54) is 5.56 Å². The Morgan fingerprint density at radius 1 is 1.10 bits per heavy atom. The standard InChI is InChI=1S/C17H19Br2NO/c1-3-16(15-10-14(19)7-8-17(15)21)20-11(2)12-5-4-6-13(18)9-12/h4-11,16,20-21H,3H2,1-2H3/t11-,16?/m1/s1. The number of hydrogen-bond donors (Lipinski definition) is 2.